The van der Waals surface area contributed by atoms with Crippen molar-refractivity contribution in [3.8, 4) is 5.88 Å². The van der Waals surface area contributed by atoms with E-state index in [0.717, 1.165) is 6.07 Å². The van der Waals surface area contributed by atoms with Crippen molar-refractivity contribution >= 4 is 0 Å². The average Bonchev–Trinajstić information content (AvgIpc) is 2.05. The third-order valence-electron chi connectivity index (χ3n) is 1.54. The second-order valence-corrected chi connectivity index (χ2v) is 3.12. The number of hydrogen-bond acceptors (Lipinski definition) is 3. The van der Waals surface area contributed by atoms with Crippen LogP contribution in [0.4, 0.5) is 17.6 Å². The topological polar surface area (TPSA) is 35.0 Å². The van der Waals surface area contributed by atoms with E-state index in [1.165, 1.54) is 0 Å². The van der Waals surface area contributed by atoms with E-state index in [1.54, 1.807) is 13.8 Å². The third-order valence-corrected chi connectivity index (χ3v) is 1.54. The molecule has 1 aromatic heterocycles. The highest BCUT2D eigenvalue weighted by Crippen LogP contribution is 2.24. The summed E-state index contributed by atoms with van der Waals surface area (Å²) >= 11 is 0. The fourth-order valence-electron chi connectivity index (χ4n) is 0.832. The predicted molar refractivity (Wildman–Crippen MR) is 42.8 cm³/mol. The Morgan fingerprint density at radius 2 is 1.87 bits per heavy atom. The van der Waals surface area contributed by atoms with E-state index in [-0.39, 0.29) is 11.6 Å². The number of nitrogens with zero attached hydrogens (tertiary/aromatic N) is 2. The van der Waals surface area contributed by atoms with Crippen molar-refractivity contribution in [3.63, 3.8) is 0 Å². The molecular formula is C8H8F4N2O. The van der Waals surface area contributed by atoms with Crippen LogP contribution in [-0.2, 0) is 0 Å². The molecule has 0 radical (unpaired) electrons. The summed E-state index contributed by atoms with van der Waals surface area (Å²) in [5.41, 5.74) is 0.266. The van der Waals surface area contributed by atoms with E-state index in [0.29, 0.717) is 0 Å². The molecule has 0 atom stereocenters. The lowest BCUT2D eigenvalue weighted by Gasteiger charge is -2.09. The summed E-state index contributed by atoms with van der Waals surface area (Å²) in [6.07, 6.45) is -4.96. The molecule has 0 aromatic carbocycles. The van der Waals surface area contributed by atoms with Crippen molar-refractivity contribution in [2.45, 2.75) is 26.1 Å². The summed E-state index contributed by atoms with van der Waals surface area (Å²) in [7, 11) is 0. The lowest BCUT2D eigenvalue weighted by Crippen LogP contribution is -2.19. The monoisotopic (exact) mass is 224 g/mol. The first kappa shape index (κ1) is 11.7. The highest BCUT2D eigenvalue weighted by Gasteiger charge is 2.33. The van der Waals surface area contributed by atoms with Gasteiger partial charge >= 0.3 is 6.36 Å². The van der Waals surface area contributed by atoms with Gasteiger partial charge in [0.05, 0.1) is 5.69 Å². The lowest BCUT2D eigenvalue weighted by molar-refractivity contribution is -0.277. The van der Waals surface area contributed by atoms with E-state index >= 15 is 0 Å². The first-order valence-corrected chi connectivity index (χ1v) is 4.08. The molecule has 0 bridgehead atoms. The quantitative estimate of drug-likeness (QED) is 0.724. The van der Waals surface area contributed by atoms with Crippen LogP contribution >= 0.6 is 0 Å². The first-order valence-electron chi connectivity index (χ1n) is 4.08. The van der Waals surface area contributed by atoms with Crippen molar-refractivity contribution in [2.75, 3.05) is 0 Å². The minimum Gasteiger partial charge on any atom is -0.383 e. The molecule has 0 aliphatic heterocycles. The van der Waals surface area contributed by atoms with Crippen LogP contribution < -0.4 is 4.74 Å². The van der Waals surface area contributed by atoms with Crippen molar-refractivity contribution in [3.05, 3.63) is 17.6 Å². The molecule has 1 heterocycles. The Hall–Kier alpha value is -1.40. The van der Waals surface area contributed by atoms with Gasteiger partial charge in [0, 0.05) is 6.07 Å². The molecule has 84 valence electrons. The molecular weight excluding hydrogens is 216 g/mol. The molecule has 0 unspecified atom stereocenters. The van der Waals surface area contributed by atoms with Crippen LogP contribution in [0.3, 0.4) is 0 Å². The minimum atomic E-state index is -4.96. The van der Waals surface area contributed by atoms with E-state index in [4.69, 9.17) is 0 Å². The van der Waals surface area contributed by atoms with Gasteiger partial charge in [0.2, 0.25) is 0 Å². The number of hydrogen-bond donors (Lipinski definition) is 0. The van der Waals surface area contributed by atoms with Crippen LogP contribution in [-0.4, -0.2) is 16.6 Å². The molecule has 0 spiro atoms. The maximum Gasteiger partial charge on any atom is 0.574 e. The number of alkyl halides is 3. The zero-order valence-corrected chi connectivity index (χ0v) is 7.97. The number of aromatic nitrogens is 2. The summed E-state index contributed by atoms with van der Waals surface area (Å²) < 4.78 is 51.5. The van der Waals surface area contributed by atoms with Gasteiger partial charge in [0.25, 0.3) is 5.88 Å². The van der Waals surface area contributed by atoms with E-state index in [2.05, 4.69) is 14.9 Å². The van der Waals surface area contributed by atoms with Gasteiger partial charge in [-0.25, -0.2) is 4.39 Å². The van der Waals surface area contributed by atoms with Crippen LogP contribution in [0.1, 0.15) is 25.5 Å². The molecule has 3 nitrogen and oxygen atoms in total. The van der Waals surface area contributed by atoms with Gasteiger partial charge in [0.15, 0.2) is 5.82 Å². The van der Waals surface area contributed by atoms with E-state index < -0.39 is 18.1 Å². The second-order valence-electron chi connectivity index (χ2n) is 3.12. The van der Waals surface area contributed by atoms with Gasteiger partial charge in [-0.2, -0.15) is 5.10 Å². The Kier molecular flexibility index (Phi) is 3.11. The van der Waals surface area contributed by atoms with Crippen LogP contribution in [0.15, 0.2) is 6.07 Å². The van der Waals surface area contributed by atoms with Crippen LogP contribution in [0.2, 0.25) is 0 Å². The van der Waals surface area contributed by atoms with E-state index in [9.17, 15) is 17.6 Å². The van der Waals surface area contributed by atoms with Crippen molar-refractivity contribution in [2.24, 2.45) is 0 Å². The molecule has 0 saturated heterocycles. The van der Waals surface area contributed by atoms with Gasteiger partial charge < -0.3 is 4.74 Å². The Morgan fingerprint density at radius 1 is 1.27 bits per heavy atom. The minimum absolute atomic E-state index is 0.119. The van der Waals surface area contributed by atoms with Crippen LogP contribution in [0, 0.1) is 5.82 Å². The Labute approximate surface area is 83.1 Å². The molecule has 1 aromatic rings. The highest BCUT2D eigenvalue weighted by molar-refractivity contribution is 5.16. The summed E-state index contributed by atoms with van der Waals surface area (Å²) in [6, 6.07) is 0.874. The molecule has 0 N–H and O–H groups in total. The molecule has 0 aliphatic rings. The largest absolute Gasteiger partial charge is 0.574 e. The first-order chi connectivity index (χ1) is 6.79. The summed E-state index contributed by atoms with van der Waals surface area (Å²) in [6.45, 7) is 3.43. The molecule has 15 heavy (non-hydrogen) atoms. The summed E-state index contributed by atoms with van der Waals surface area (Å²) in [4.78, 5) is 0. The fourth-order valence-corrected chi connectivity index (χ4v) is 0.832. The third kappa shape index (κ3) is 3.34. The summed E-state index contributed by atoms with van der Waals surface area (Å²) in [5.74, 6) is -2.45. The van der Waals surface area contributed by atoms with Gasteiger partial charge in [0.1, 0.15) is 0 Å². The van der Waals surface area contributed by atoms with Gasteiger partial charge in [-0.05, 0) is 5.92 Å². The van der Waals surface area contributed by atoms with Gasteiger partial charge in [-0.1, -0.05) is 13.8 Å². The molecule has 0 amide bonds. The van der Waals surface area contributed by atoms with Gasteiger partial charge in [-0.15, -0.1) is 18.3 Å². The fraction of sp³-hybridized carbons (Fsp3) is 0.500. The Bertz CT molecular complexity index is 351. The van der Waals surface area contributed by atoms with Crippen molar-refractivity contribution in [1.29, 1.82) is 0 Å². The average molecular weight is 224 g/mol. The standard InChI is InChI=1S/C8H8F4N2O/c1-4(2)6-3-5(9)7(14-13-6)15-8(10,11)12/h3-4H,1-2H3. The Balaban J connectivity index is 2.94. The van der Waals surface area contributed by atoms with Crippen molar-refractivity contribution in [1.82, 2.24) is 10.2 Å². The van der Waals surface area contributed by atoms with Crippen molar-refractivity contribution < 1.29 is 22.3 Å². The van der Waals surface area contributed by atoms with Crippen LogP contribution in [0.25, 0.3) is 0 Å². The predicted octanol–water partition coefficient (Wildman–Crippen LogP) is 2.64. The normalized spacial score (nSPS) is 11.9. The zero-order chi connectivity index (χ0) is 11.6. The SMILES string of the molecule is CC(C)c1cc(F)c(OC(F)(F)F)nn1. The maximum absolute atomic E-state index is 13.0. The number of rotatable bonds is 2. The zero-order valence-electron chi connectivity index (χ0n) is 7.97. The van der Waals surface area contributed by atoms with Gasteiger partial charge in [-0.3, -0.25) is 0 Å². The second kappa shape index (κ2) is 4.00. The molecule has 0 fully saturated rings. The molecule has 0 saturated carbocycles. The number of halogens is 4. The lowest BCUT2D eigenvalue weighted by atomic mass is 10.1. The molecule has 7 heteroatoms. The van der Waals surface area contributed by atoms with E-state index in [1.807, 2.05) is 0 Å². The maximum atomic E-state index is 13.0. The highest BCUT2D eigenvalue weighted by atomic mass is 19.4. The Morgan fingerprint density at radius 3 is 2.27 bits per heavy atom. The smallest absolute Gasteiger partial charge is 0.383 e. The number of ether oxygens (including phenoxy) is 1. The van der Waals surface area contributed by atoms with Crippen LogP contribution in [0.5, 0.6) is 5.88 Å². The molecule has 0 aliphatic carbocycles. The summed E-state index contributed by atoms with van der Waals surface area (Å²) in [5, 5.41) is 6.43. The molecule has 1 rings (SSSR count).